The molecular weight excluding hydrogens is 501 g/mol. The normalized spacial score (nSPS) is 15.4. The minimum Gasteiger partial charge on any atom is -0.494 e. The number of benzene rings is 3. The Morgan fingerprint density at radius 2 is 1.78 bits per heavy atom. The molecule has 9 heteroatoms. The third-order valence-electron chi connectivity index (χ3n) is 5.81. The number of amides is 2. The summed E-state index contributed by atoms with van der Waals surface area (Å²) in [5.41, 5.74) is 1.65. The van der Waals surface area contributed by atoms with Crippen LogP contribution in [-0.2, 0) is 16.0 Å². The molecule has 3 aromatic rings. The fraction of sp³-hybridized carbons (Fsp3) is 0.222. The topological polar surface area (TPSA) is 61.9 Å². The molecule has 0 spiro atoms. The largest absolute Gasteiger partial charge is 0.494 e. The molecule has 4 rings (SSSR count). The van der Waals surface area contributed by atoms with Gasteiger partial charge in [0, 0.05) is 17.3 Å². The number of halogens is 2. The van der Waals surface area contributed by atoms with Gasteiger partial charge in [-0.25, -0.2) is 4.39 Å². The van der Waals surface area contributed by atoms with Crippen molar-refractivity contribution in [1.29, 1.82) is 0 Å². The van der Waals surface area contributed by atoms with Gasteiger partial charge in [-0.1, -0.05) is 29.8 Å². The number of carbonyl (C=O) groups excluding carboxylic acids is 2. The van der Waals surface area contributed by atoms with Crippen LogP contribution in [0.3, 0.4) is 0 Å². The fourth-order valence-corrected chi connectivity index (χ4v) is 4.59. The molecule has 1 N–H and O–H groups in total. The van der Waals surface area contributed by atoms with Gasteiger partial charge in [-0.15, -0.1) is 0 Å². The van der Waals surface area contributed by atoms with Crippen LogP contribution in [0.1, 0.15) is 18.9 Å². The van der Waals surface area contributed by atoms with E-state index in [2.05, 4.69) is 5.32 Å². The van der Waals surface area contributed by atoms with Crippen molar-refractivity contribution in [3.63, 3.8) is 0 Å². The highest BCUT2D eigenvalue weighted by atomic mass is 35.5. The Kier molecular flexibility index (Phi) is 8.18. The monoisotopic (exact) mass is 525 g/mol. The summed E-state index contributed by atoms with van der Waals surface area (Å²) in [7, 11) is 0. The van der Waals surface area contributed by atoms with Crippen molar-refractivity contribution < 1.29 is 18.7 Å². The minimum absolute atomic E-state index is 0.118. The molecule has 0 aliphatic carbocycles. The van der Waals surface area contributed by atoms with E-state index in [0.29, 0.717) is 40.7 Å². The number of hydrogen-bond acceptors (Lipinski definition) is 4. The van der Waals surface area contributed by atoms with Crippen LogP contribution in [0.5, 0.6) is 5.75 Å². The molecule has 0 bridgehead atoms. The molecule has 1 heterocycles. The number of rotatable bonds is 9. The first kappa shape index (κ1) is 25.6. The predicted molar refractivity (Wildman–Crippen MR) is 143 cm³/mol. The molecule has 0 saturated carbocycles. The molecule has 1 saturated heterocycles. The summed E-state index contributed by atoms with van der Waals surface area (Å²) in [6, 6.07) is 19.4. The van der Waals surface area contributed by atoms with E-state index in [9.17, 15) is 14.0 Å². The molecule has 186 valence electrons. The van der Waals surface area contributed by atoms with Gasteiger partial charge in [0.25, 0.3) is 5.91 Å². The Hall–Kier alpha value is -3.49. The summed E-state index contributed by atoms with van der Waals surface area (Å²) < 4.78 is 19.7. The summed E-state index contributed by atoms with van der Waals surface area (Å²) in [5.74, 6) is -0.287. The standard InChI is InChI=1S/C27H25ClFN3O3S/c1-2-35-22-13-9-20(10-14-22)30-25(33)17-24-26(34)32(21-11-7-19(28)8-12-21)27(36)31(24)16-15-18-5-3-4-6-23(18)29/h3-14,24H,2,15-17H2,1H3,(H,30,33)/t24-/m0/s1. The highest BCUT2D eigenvalue weighted by Gasteiger charge is 2.44. The van der Waals surface area contributed by atoms with Gasteiger partial charge in [0.1, 0.15) is 17.6 Å². The number of ether oxygens (including phenoxy) is 1. The van der Waals surface area contributed by atoms with Crippen LogP contribution in [0.2, 0.25) is 5.02 Å². The van der Waals surface area contributed by atoms with Gasteiger partial charge < -0.3 is 15.0 Å². The smallest absolute Gasteiger partial charge is 0.256 e. The molecular formula is C27H25ClFN3O3S. The van der Waals surface area contributed by atoms with E-state index in [4.69, 9.17) is 28.6 Å². The number of hydrogen-bond donors (Lipinski definition) is 1. The fourth-order valence-electron chi connectivity index (χ4n) is 4.05. The van der Waals surface area contributed by atoms with E-state index in [1.807, 2.05) is 6.92 Å². The summed E-state index contributed by atoms with van der Waals surface area (Å²) >= 11 is 11.7. The van der Waals surface area contributed by atoms with Crippen molar-refractivity contribution in [2.45, 2.75) is 25.8 Å². The molecule has 1 aliphatic rings. The maximum atomic E-state index is 14.2. The SMILES string of the molecule is CCOc1ccc(NC(=O)C[C@H]2C(=O)N(c3ccc(Cl)cc3)C(=S)N2CCc2ccccc2F)cc1. The van der Waals surface area contributed by atoms with Crippen LogP contribution in [-0.4, -0.2) is 41.0 Å². The zero-order valence-corrected chi connectivity index (χ0v) is 21.2. The molecule has 3 aromatic carbocycles. The Morgan fingerprint density at radius 3 is 2.44 bits per heavy atom. The zero-order chi connectivity index (χ0) is 25.7. The van der Waals surface area contributed by atoms with Crippen molar-refractivity contribution in [3.05, 3.63) is 89.2 Å². The Morgan fingerprint density at radius 1 is 1.08 bits per heavy atom. The first-order chi connectivity index (χ1) is 17.4. The average Bonchev–Trinajstić information content (AvgIpc) is 3.09. The van der Waals surface area contributed by atoms with Crippen LogP contribution in [0.15, 0.2) is 72.8 Å². The van der Waals surface area contributed by atoms with Gasteiger partial charge in [-0.05, 0) is 85.7 Å². The first-order valence-electron chi connectivity index (χ1n) is 11.5. The number of carbonyl (C=O) groups is 2. The predicted octanol–water partition coefficient (Wildman–Crippen LogP) is 5.45. The highest BCUT2D eigenvalue weighted by molar-refractivity contribution is 7.80. The molecule has 1 atom stereocenters. The van der Waals surface area contributed by atoms with E-state index in [-0.39, 0.29) is 35.7 Å². The lowest BCUT2D eigenvalue weighted by molar-refractivity contribution is -0.124. The molecule has 2 amide bonds. The molecule has 1 fully saturated rings. The van der Waals surface area contributed by atoms with Crippen molar-refractivity contribution in [2.75, 3.05) is 23.4 Å². The van der Waals surface area contributed by atoms with E-state index in [0.717, 1.165) is 0 Å². The lowest BCUT2D eigenvalue weighted by atomic mass is 10.1. The summed E-state index contributed by atoms with van der Waals surface area (Å²) in [6.45, 7) is 2.71. The van der Waals surface area contributed by atoms with E-state index in [1.54, 1.807) is 71.6 Å². The number of anilines is 2. The van der Waals surface area contributed by atoms with Gasteiger partial charge in [0.05, 0.1) is 18.7 Å². The number of thiocarbonyl (C=S) groups is 1. The Bertz CT molecular complexity index is 1250. The van der Waals surface area contributed by atoms with E-state index >= 15 is 0 Å². The molecule has 0 radical (unpaired) electrons. The van der Waals surface area contributed by atoms with Crippen LogP contribution in [0.25, 0.3) is 0 Å². The molecule has 36 heavy (non-hydrogen) atoms. The van der Waals surface area contributed by atoms with Crippen molar-refractivity contribution >= 4 is 52.1 Å². The van der Waals surface area contributed by atoms with Crippen molar-refractivity contribution in [2.24, 2.45) is 0 Å². The molecule has 0 unspecified atom stereocenters. The van der Waals surface area contributed by atoms with E-state index < -0.39 is 6.04 Å². The second-order valence-electron chi connectivity index (χ2n) is 8.19. The number of nitrogens with one attached hydrogen (secondary N) is 1. The third kappa shape index (κ3) is 5.83. The molecule has 0 aromatic heterocycles. The van der Waals surface area contributed by atoms with Crippen LogP contribution >= 0.6 is 23.8 Å². The Labute approximate surface area is 219 Å². The van der Waals surface area contributed by atoms with Gasteiger partial charge in [-0.3, -0.25) is 14.5 Å². The summed E-state index contributed by atoms with van der Waals surface area (Å²) in [5, 5.41) is 3.61. The highest BCUT2D eigenvalue weighted by Crippen LogP contribution is 2.29. The minimum atomic E-state index is -0.831. The molecule has 1 aliphatic heterocycles. The Balaban J connectivity index is 1.53. The van der Waals surface area contributed by atoms with Gasteiger partial charge in [0.15, 0.2) is 5.11 Å². The van der Waals surface area contributed by atoms with E-state index in [1.165, 1.54) is 11.0 Å². The third-order valence-corrected chi connectivity index (χ3v) is 6.48. The second-order valence-corrected chi connectivity index (χ2v) is 8.99. The quantitative estimate of drug-likeness (QED) is 0.376. The van der Waals surface area contributed by atoms with Crippen molar-refractivity contribution in [1.82, 2.24) is 4.90 Å². The van der Waals surface area contributed by atoms with Gasteiger partial charge in [0.2, 0.25) is 5.91 Å². The lowest BCUT2D eigenvalue weighted by Gasteiger charge is -2.24. The maximum absolute atomic E-state index is 14.2. The lowest BCUT2D eigenvalue weighted by Crippen LogP contribution is -2.39. The number of nitrogens with zero attached hydrogens (tertiary/aromatic N) is 2. The zero-order valence-electron chi connectivity index (χ0n) is 19.6. The van der Waals surface area contributed by atoms with Gasteiger partial charge in [-0.2, -0.15) is 0 Å². The molecule has 6 nitrogen and oxygen atoms in total. The van der Waals surface area contributed by atoms with Crippen LogP contribution in [0.4, 0.5) is 15.8 Å². The first-order valence-corrected chi connectivity index (χ1v) is 12.3. The van der Waals surface area contributed by atoms with Crippen LogP contribution < -0.4 is 15.0 Å². The van der Waals surface area contributed by atoms with Crippen LogP contribution in [0, 0.1) is 5.82 Å². The summed E-state index contributed by atoms with van der Waals surface area (Å²) in [4.78, 5) is 29.5. The van der Waals surface area contributed by atoms with Gasteiger partial charge >= 0.3 is 0 Å². The average molecular weight is 526 g/mol. The van der Waals surface area contributed by atoms with Crippen molar-refractivity contribution in [3.8, 4) is 5.75 Å². The maximum Gasteiger partial charge on any atom is 0.256 e. The summed E-state index contributed by atoms with van der Waals surface area (Å²) in [6.07, 6.45) is 0.207. The second kappa shape index (κ2) is 11.5.